The number of nitrogens with two attached hydrogens (primary N) is 1. The summed E-state index contributed by atoms with van der Waals surface area (Å²) in [7, 11) is 3.55. The number of aromatic amines is 1. The second kappa shape index (κ2) is 6.56. The molecule has 128 valence electrons. The van der Waals surface area contributed by atoms with Gasteiger partial charge in [-0.15, -0.1) is 0 Å². The molecule has 0 aliphatic heterocycles. The quantitative estimate of drug-likeness (QED) is 0.623. The number of pyridine rings is 1. The first-order valence-corrected chi connectivity index (χ1v) is 7.52. The van der Waals surface area contributed by atoms with Gasteiger partial charge in [-0.2, -0.15) is 15.0 Å². The predicted molar refractivity (Wildman–Crippen MR) is 94.3 cm³/mol. The lowest BCUT2D eigenvalue weighted by molar-refractivity contribution is 0.0951. The number of fused-ring (bicyclic) bond motifs is 1. The minimum Gasteiger partial charge on any atom is -0.368 e. The van der Waals surface area contributed by atoms with Crippen molar-refractivity contribution in [3.8, 4) is 0 Å². The van der Waals surface area contributed by atoms with Gasteiger partial charge in [-0.25, -0.2) is 0 Å². The molecule has 9 nitrogen and oxygen atoms in total. The molecule has 4 N–H and O–H groups in total. The Morgan fingerprint density at radius 3 is 2.76 bits per heavy atom. The maximum atomic E-state index is 12.5. The van der Waals surface area contributed by atoms with E-state index < -0.39 is 5.91 Å². The molecule has 2 heterocycles. The number of amides is 1. The van der Waals surface area contributed by atoms with Crippen LogP contribution >= 0.6 is 0 Å². The molecule has 3 rings (SSSR count). The predicted octanol–water partition coefficient (Wildman–Crippen LogP) is 0.291. The van der Waals surface area contributed by atoms with Crippen LogP contribution in [0.5, 0.6) is 0 Å². The third kappa shape index (κ3) is 3.55. The second-order valence-corrected chi connectivity index (χ2v) is 5.58. The van der Waals surface area contributed by atoms with Crippen molar-refractivity contribution in [2.75, 3.05) is 24.7 Å². The van der Waals surface area contributed by atoms with Gasteiger partial charge < -0.3 is 20.9 Å². The molecule has 0 bridgehead atoms. The molecule has 1 amide bonds. The maximum Gasteiger partial charge on any atom is 0.252 e. The summed E-state index contributed by atoms with van der Waals surface area (Å²) in [6.07, 6.45) is 0. The van der Waals surface area contributed by atoms with Crippen molar-refractivity contribution in [2.45, 2.75) is 6.54 Å². The molecular weight excluding hydrogens is 322 g/mol. The van der Waals surface area contributed by atoms with E-state index in [1.165, 1.54) is 6.07 Å². The number of carbonyl (C=O) groups excluding carboxylic acids is 1. The van der Waals surface area contributed by atoms with Crippen molar-refractivity contribution in [3.63, 3.8) is 0 Å². The number of hydrogen-bond donors (Lipinski definition) is 3. The van der Waals surface area contributed by atoms with Gasteiger partial charge in [0, 0.05) is 31.1 Å². The largest absolute Gasteiger partial charge is 0.368 e. The Morgan fingerprint density at radius 1 is 1.24 bits per heavy atom. The van der Waals surface area contributed by atoms with E-state index in [1.54, 1.807) is 43.3 Å². The van der Waals surface area contributed by atoms with Crippen molar-refractivity contribution in [3.05, 3.63) is 52.1 Å². The van der Waals surface area contributed by atoms with Crippen LogP contribution in [0.25, 0.3) is 10.9 Å². The molecule has 0 saturated heterocycles. The van der Waals surface area contributed by atoms with E-state index in [-0.39, 0.29) is 23.6 Å². The van der Waals surface area contributed by atoms with Crippen LogP contribution in [0.2, 0.25) is 0 Å². The number of anilines is 2. The highest BCUT2D eigenvalue weighted by atomic mass is 16.2. The summed E-state index contributed by atoms with van der Waals surface area (Å²) >= 11 is 0. The van der Waals surface area contributed by atoms with E-state index in [4.69, 9.17) is 5.73 Å². The van der Waals surface area contributed by atoms with Gasteiger partial charge >= 0.3 is 0 Å². The number of aromatic nitrogens is 4. The molecule has 0 aliphatic carbocycles. The minimum absolute atomic E-state index is 0.0630. The van der Waals surface area contributed by atoms with Crippen LogP contribution < -0.4 is 21.5 Å². The number of nitrogens with one attached hydrogen (secondary N) is 2. The van der Waals surface area contributed by atoms with Crippen LogP contribution in [-0.2, 0) is 6.54 Å². The topological polar surface area (TPSA) is 130 Å². The molecular formula is C16H17N7O2. The first kappa shape index (κ1) is 16.4. The van der Waals surface area contributed by atoms with Crippen LogP contribution in [-0.4, -0.2) is 39.9 Å². The molecule has 9 heteroatoms. The number of nitrogen functional groups attached to an aromatic ring is 1. The lowest BCUT2D eigenvalue weighted by atomic mass is 10.1. The van der Waals surface area contributed by atoms with Crippen LogP contribution in [0.3, 0.4) is 0 Å². The normalized spacial score (nSPS) is 10.6. The summed E-state index contributed by atoms with van der Waals surface area (Å²) in [5, 5.41) is 3.37. The highest BCUT2D eigenvalue weighted by Crippen LogP contribution is 2.14. The van der Waals surface area contributed by atoms with Gasteiger partial charge in [-0.05, 0) is 6.07 Å². The van der Waals surface area contributed by atoms with Crippen LogP contribution in [0.15, 0.2) is 35.1 Å². The molecule has 1 aromatic carbocycles. The third-order valence-corrected chi connectivity index (χ3v) is 3.49. The Morgan fingerprint density at radius 2 is 2.00 bits per heavy atom. The van der Waals surface area contributed by atoms with E-state index in [2.05, 4.69) is 25.3 Å². The molecule has 2 aromatic heterocycles. The summed E-state index contributed by atoms with van der Waals surface area (Å²) in [6.45, 7) is 0.0630. The standard InChI is InChI=1S/C16H17N7O2/c1-23(2)16-21-12(20-15(17)22-16)8-18-14(25)10-7-13(24)19-11-6-4-3-5-9(10)11/h3-7H,8H2,1-2H3,(H,18,25)(H,19,24)(H2,17,20,21,22). The van der Waals surface area contributed by atoms with Gasteiger partial charge in [0.25, 0.3) is 5.91 Å². The van der Waals surface area contributed by atoms with Crippen molar-refractivity contribution in [1.29, 1.82) is 0 Å². The first-order chi connectivity index (χ1) is 11.9. The molecule has 0 spiro atoms. The molecule has 3 aromatic rings. The van der Waals surface area contributed by atoms with E-state index in [0.717, 1.165) is 0 Å². The van der Waals surface area contributed by atoms with Crippen LogP contribution in [0, 0.1) is 0 Å². The molecule has 0 unspecified atom stereocenters. The van der Waals surface area contributed by atoms with Gasteiger partial charge in [0.05, 0.1) is 12.1 Å². The molecule has 25 heavy (non-hydrogen) atoms. The molecule has 0 fully saturated rings. The fourth-order valence-corrected chi connectivity index (χ4v) is 2.35. The zero-order valence-electron chi connectivity index (χ0n) is 13.8. The van der Waals surface area contributed by atoms with Gasteiger partial charge in [0.2, 0.25) is 17.5 Å². The summed E-state index contributed by atoms with van der Waals surface area (Å²) in [4.78, 5) is 40.9. The molecule has 0 aliphatic rings. The van der Waals surface area contributed by atoms with Crippen LogP contribution in [0.1, 0.15) is 16.2 Å². The smallest absolute Gasteiger partial charge is 0.252 e. The SMILES string of the molecule is CN(C)c1nc(N)nc(CNC(=O)c2cc(=O)[nH]c3ccccc23)n1. The van der Waals surface area contributed by atoms with Crippen molar-refractivity contribution < 1.29 is 4.79 Å². The van der Waals surface area contributed by atoms with Crippen molar-refractivity contribution in [1.82, 2.24) is 25.3 Å². The van der Waals surface area contributed by atoms with Gasteiger partial charge in [0.15, 0.2) is 5.82 Å². The van der Waals surface area contributed by atoms with Crippen molar-refractivity contribution >= 4 is 28.7 Å². The fraction of sp³-hybridized carbons (Fsp3) is 0.188. The monoisotopic (exact) mass is 339 g/mol. The lowest BCUT2D eigenvalue weighted by Gasteiger charge is -2.12. The Bertz CT molecular complexity index is 997. The van der Waals surface area contributed by atoms with E-state index in [1.807, 2.05) is 0 Å². The number of H-pyrrole nitrogens is 1. The number of benzene rings is 1. The van der Waals surface area contributed by atoms with Gasteiger partial charge in [-0.1, -0.05) is 18.2 Å². The average Bonchev–Trinajstić information content (AvgIpc) is 2.58. The maximum absolute atomic E-state index is 12.5. The van der Waals surface area contributed by atoms with Gasteiger partial charge in [-0.3, -0.25) is 9.59 Å². The summed E-state index contributed by atoms with van der Waals surface area (Å²) in [5.41, 5.74) is 6.20. The number of hydrogen-bond acceptors (Lipinski definition) is 7. The highest BCUT2D eigenvalue weighted by Gasteiger charge is 2.13. The zero-order chi connectivity index (χ0) is 18.0. The molecule has 0 radical (unpaired) electrons. The Hall–Kier alpha value is -3.49. The number of rotatable bonds is 4. The lowest BCUT2D eigenvalue weighted by Crippen LogP contribution is -2.26. The Kier molecular flexibility index (Phi) is 4.29. The molecule has 0 atom stereocenters. The van der Waals surface area contributed by atoms with Gasteiger partial charge in [0.1, 0.15) is 0 Å². The highest BCUT2D eigenvalue weighted by molar-refractivity contribution is 6.05. The van der Waals surface area contributed by atoms with E-state index >= 15 is 0 Å². The summed E-state index contributed by atoms with van der Waals surface area (Å²) < 4.78 is 0. The van der Waals surface area contributed by atoms with E-state index in [0.29, 0.717) is 22.7 Å². The summed E-state index contributed by atoms with van der Waals surface area (Å²) in [6, 6.07) is 8.36. The first-order valence-electron chi connectivity index (χ1n) is 7.52. The Labute approximate surface area is 142 Å². The Balaban J connectivity index is 1.86. The zero-order valence-corrected chi connectivity index (χ0v) is 13.8. The van der Waals surface area contributed by atoms with Crippen LogP contribution in [0.4, 0.5) is 11.9 Å². The minimum atomic E-state index is -0.396. The van der Waals surface area contributed by atoms with Crippen molar-refractivity contribution in [2.24, 2.45) is 0 Å². The molecule has 0 saturated carbocycles. The average molecular weight is 339 g/mol. The fourth-order valence-electron chi connectivity index (χ4n) is 2.35. The third-order valence-electron chi connectivity index (χ3n) is 3.49. The number of carbonyl (C=O) groups is 1. The van der Waals surface area contributed by atoms with E-state index in [9.17, 15) is 9.59 Å². The summed E-state index contributed by atoms with van der Waals surface area (Å²) in [5.74, 6) is 0.411. The number of para-hydroxylation sites is 1. The second-order valence-electron chi connectivity index (χ2n) is 5.58. The number of nitrogens with zero attached hydrogens (tertiary/aromatic N) is 4.